The quantitative estimate of drug-likeness (QED) is 0.908. The summed E-state index contributed by atoms with van der Waals surface area (Å²) in [7, 11) is 1.66. The minimum absolute atomic E-state index is 0.536. The Hall–Kier alpha value is -2.10. The van der Waals surface area contributed by atoms with Gasteiger partial charge in [0.1, 0.15) is 17.4 Å². The van der Waals surface area contributed by atoms with Crippen molar-refractivity contribution in [1.82, 2.24) is 9.97 Å². The van der Waals surface area contributed by atoms with Crippen LogP contribution in [0.1, 0.15) is 30.9 Å². The van der Waals surface area contributed by atoms with E-state index in [0.717, 1.165) is 29.3 Å². The number of aromatic nitrogens is 2. The maximum absolute atomic E-state index is 5.87. The van der Waals surface area contributed by atoms with Crippen molar-refractivity contribution < 1.29 is 4.74 Å². The van der Waals surface area contributed by atoms with Gasteiger partial charge in [0.05, 0.1) is 7.11 Å². The van der Waals surface area contributed by atoms with Gasteiger partial charge in [0.25, 0.3) is 0 Å². The third-order valence-electron chi connectivity index (χ3n) is 2.96. The van der Waals surface area contributed by atoms with E-state index < -0.39 is 0 Å². The molecule has 0 aliphatic carbocycles. The summed E-state index contributed by atoms with van der Waals surface area (Å²) in [6, 6.07) is 9.78. The van der Waals surface area contributed by atoms with E-state index in [2.05, 4.69) is 23.8 Å². The zero-order valence-electron chi connectivity index (χ0n) is 12.3. The zero-order chi connectivity index (χ0) is 14.5. The fraction of sp³-hybridized carbons (Fsp3) is 0.375. The van der Waals surface area contributed by atoms with E-state index in [9.17, 15) is 0 Å². The molecule has 4 nitrogen and oxygen atoms in total. The maximum Gasteiger partial charge on any atom is 0.135 e. The average molecular weight is 271 g/mol. The summed E-state index contributed by atoms with van der Waals surface area (Å²) >= 11 is 0. The Morgan fingerprint density at radius 3 is 2.70 bits per heavy atom. The molecule has 0 unspecified atom stereocenters. The molecule has 0 aliphatic rings. The largest absolute Gasteiger partial charge is 0.497 e. The lowest BCUT2D eigenvalue weighted by Crippen LogP contribution is -2.06. The van der Waals surface area contributed by atoms with Crippen molar-refractivity contribution in [1.29, 1.82) is 0 Å². The van der Waals surface area contributed by atoms with Gasteiger partial charge >= 0.3 is 0 Å². The summed E-state index contributed by atoms with van der Waals surface area (Å²) in [6.45, 7) is 4.33. The molecule has 1 aromatic heterocycles. The summed E-state index contributed by atoms with van der Waals surface area (Å²) < 4.78 is 5.23. The van der Waals surface area contributed by atoms with Gasteiger partial charge in [0, 0.05) is 18.2 Å². The minimum Gasteiger partial charge on any atom is -0.497 e. The molecule has 106 valence electrons. The summed E-state index contributed by atoms with van der Waals surface area (Å²) in [4.78, 5) is 8.91. The molecular formula is C16H21N3O. The van der Waals surface area contributed by atoms with Crippen LogP contribution in [0, 0.1) is 5.92 Å². The number of nitrogens with zero attached hydrogens (tertiary/aromatic N) is 2. The van der Waals surface area contributed by atoms with Gasteiger partial charge in [0.15, 0.2) is 0 Å². The third-order valence-corrected chi connectivity index (χ3v) is 2.96. The first-order valence-corrected chi connectivity index (χ1v) is 6.82. The highest BCUT2D eigenvalue weighted by Crippen LogP contribution is 2.16. The molecule has 1 heterocycles. The summed E-state index contributed by atoms with van der Waals surface area (Å²) in [6.07, 6.45) is 1.57. The van der Waals surface area contributed by atoms with Crippen molar-refractivity contribution in [3.05, 3.63) is 47.4 Å². The number of nitrogen functional groups attached to an aromatic ring is 1. The molecule has 4 heteroatoms. The highest BCUT2D eigenvalue weighted by atomic mass is 16.5. The van der Waals surface area contributed by atoms with Crippen LogP contribution < -0.4 is 10.5 Å². The van der Waals surface area contributed by atoms with E-state index in [1.165, 1.54) is 0 Å². The molecule has 0 saturated heterocycles. The van der Waals surface area contributed by atoms with Crippen LogP contribution in [-0.2, 0) is 12.8 Å². The number of hydrogen-bond donors (Lipinski definition) is 1. The molecule has 2 rings (SSSR count). The number of hydrogen-bond acceptors (Lipinski definition) is 4. The molecule has 0 fully saturated rings. The van der Waals surface area contributed by atoms with Gasteiger partial charge in [0.2, 0.25) is 0 Å². The topological polar surface area (TPSA) is 61.0 Å². The summed E-state index contributed by atoms with van der Waals surface area (Å²) in [5.74, 6) is 2.69. The maximum atomic E-state index is 5.87. The number of nitrogens with two attached hydrogens (primary N) is 1. The van der Waals surface area contributed by atoms with Gasteiger partial charge in [-0.1, -0.05) is 26.0 Å². The highest BCUT2D eigenvalue weighted by Gasteiger charge is 2.06. The van der Waals surface area contributed by atoms with E-state index in [1.807, 2.05) is 30.3 Å². The molecular weight excluding hydrogens is 250 g/mol. The zero-order valence-corrected chi connectivity index (χ0v) is 12.3. The van der Waals surface area contributed by atoms with E-state index in [1.54, 1.807) is 7.11 Å². The Bertz CT molecular complexity index is 582. The Morgan fingerprint density at radius 2 is 2.00 bits per heavy atom. The van der Waals surface area contributed by atoms with Crippen molar-refractivity contribution in [2.75, 3.05) is 12.8 Å². The van der Waals surface area contributed by atoms with Crippen LogP contribution in [0.4, 0.5) is 5.82 Å². The molecule has 2 aromatic rings. The second-order valence-corrected chi connectivity index (χ2v) is 5.33. The molecule has 0 atom stereocenters. The van der Waals surface area contributed by atoms with E-state index in [0.29, 0.717) is 18.2 Å². The molecule has 2 N–H and O–H groups in total. The van der Waals surface area contributed by atoms with Crippen LogP contribution in [0.15, 0.2) is 30.3 Å². The first kappa shape index (κ1) is 14.3. The number of ether oxygens (including phenoxy) is 1. The minimum atomic E-state index is 0.536. The van der Waals surface area contributed by atoms with Crippen LogP contribution in [0.3, 0.4) is 0 Å². The van der Waals surface area contributed by atoms with Crippen LogP contribution in [0.2, 0.25) is 0 Å². The number of methoxy groups -OCH3 is 1. The second-order valence-electron chi connectivity index (χ2n) is 5.33. The van der Waals surface area contributed by atoms with Crippen LogP contribution in [0.25, 0.3) is 0 Å². The monoisotopic (exact) mass is 271 g/mol. The molecule has 1 aromatic carbocycles. The van der Waals surface area contributed by atoms with Gasteiger partial charge in [-0.05, 0) is 30.0 Å². The normalized spacial score (nSPS) is 10.8. The average Bonchev–Trinajstić information content (AvgIpc) is 2.37. The summed E-state index contributed by atoms with van der Waals surface area (Å²) in [5, 5.41) is 0. The fourth-order valence-corrected chi connectivity index (χ4v) is 2.14. The SMILES string of the molecule is COc1cccc(Cc2nc(N)cc(CC(C)C)n2)c1. The van der Waals surface area contributed by atoms with Gasteiger partial charge < -0.3 is 10.5 Å². The van der Waals surface area contributed by atoms with Gasteiger partial charge in [-0.3, -0.25) is 0 Å². The smallest absolute Gasteiger partial charge is 0.135 e. The van der Waals surface area contributed by atoms with Crippen molar-refractivity contribution in [3.8, 4) is 5.75 Å². The molecule has 0 bridgehead atoms. The molecule has 0 saturated carbocycles. The Kier molecular flexibility index (Phi) is 4.56. The summed E-state index contributed by atoms with van der Waals surface area (Å²) in [5.41, 5.74) is 7.99. The van der Waals surface area contributed by atoms with E-state index >= 15 is 0 Å². The molecule has 0 aliphatic heterocycles. The number of rotatable bonds is 5. The Labute approximate surface area is 120 Å². The van der Waals surface area contributed by atoms with Crippen LogP contribution in [-0.4, -0.2) is 17.1 Å². The Morgan fingerprint density at radius 1 is 1.20 bits per heavy atom. The van der Waals surface area contributed by atoms with E-state index in [4.69, 9.17) is 10.5 Å². The molecule has 0 spiro atoms. The predicted molar refractivity (Wildman–Crippen MR) is 80.8 cm³/mol. The second kappa shape index (κ2) is 6.37. The van der Waals surface area contributed by atoms with Crippen molar-refractivity contribution in [2.24, 2.45) is 5.92 Å². The third kappa shape index (κ3) is 3.95. The van der Waals surface area contributed by atoms with Crippen molar-refractivity contribution >= 4 is 5.82 Å². The number of anilines is 1. The van der Waals surface area contributed by atoms with Crippen molar-refractivity contribution in [3.63, 3.8) is 0 Å². The lowest BCUT2D eigenvalue weighted by Gasteiger charge is -2.08. The van der Waals surface area contributed by atoms with E-state index in [-0.39, 0.29) is 0 Å². The van der Waals surface area contributed by atoms with Gasteiger partial charge in [-0.2, -0.15) is 0 Å². The standard InChI is InChI=1S/C16H21N3O/c1-11(2)7-13-10-15(17)19-16(18-13)9-12-5-4-6-14(8-12)20-3/h4-6,8,10-11H,7,9H2,1-3H3,(H2,17,18,19). The van der Waals surface area contributed by atoms with Crippen LogP contribution >= 0.6 is 0 Å². The predicted octanol–water partition coefficient (Wildman–Crippen LogP) is 2.86. The van der Waals surface area contributed by atoms with Gasteiger partial charge in [-0.25, -0.2) is 9.97 Å². The molecule has 0 radical (unpaired) electrons. The first-order valence-electron chi connectivity index (χ1n) is 6.82. The Balaban J connectivity index is 2.21. The number of benzene rings is 1. The highest BCUT2D eigenvalue weighted by molar-refractivity contribution is 5.33. The first-order chi connectivity index (χ1) is 9.56. The molecule has 0 amide bonds. The fourth-order valence-electron chi connectivity index (χ4n) is 2.14. The van der Waals surface area contributed by atoms with Gasteiger partial charge in [-0.15, -0.1) is 0 Å². The molecule has 20 heavy (non-hydrogen) atoms. The van der Waals surface area contributed by atoms with Crippen molar-refractivity contribution in [2.45, 2.75) is 26.7 Å². The van der Waals surface area contributed by atoms with Crippen LogP contribution in [0.5, 0.6) is 5.75 Å². The lowest BCUT2D eigenvalue weighted by atomic mass is 10.1. The lowest BCUT2D eigenvalue weighted by molar-refractivity contribution is 0.414.